The summed E-state index contributed by atoms with van der Waals surface area (Å²) in [6.45, 7) is 3.41. The van der Waals surface area contributed by atoms with Crippen LogP contribution in [0.1, 0.15) is 23.5 Å². The second kappa shape index (κ2) is 6.26. The molecule has 1 aromatic heterocycles. The Kier molecular flexibility index (Phi) is 4.42. The Morgan fingerprint density at radius 2 is 2.00 bits per heavy atom. The maximum Gasteiger partial charge on any atom is 0.119 e. The second-order valence-corrected chi connectivity index (χ2v) is 4.53. The van der Waals surface area contributed by atoms with Crippen molar-refractivity contribution in [3.8, 4) is 5.75 Å². The average Bonchev–Trinajstić information content (AvgIpc) is 2.91. The van der Waals surface area contributed by atoms with Crippen LogP contribution in [0.5, 0.6) is 5.75 Å². The molecule has 1 unspecified atom stereocenters. The van der Waals surface area contributed by atoms with Crippen LogP contribution >= 0.6 is 0 Å². The molecule has 0 amide bonds. The molecule has 0 fully saturated rings. The molecule has 3 heteroatoms. The van der Waals surface area contributed by atoms with Gasteiger partial charge in [-0.2, -0.15) is 0 Å². The molecule has 3 N–H and O–H groups in total. The van der Waals surface area contributed by atoms with Crippen molar-refractivity contribution in [1.82, 2.24) is 4.98 Å². The zero-order valence-electron chi connectivity index (χ0n) is 10.7. The maximum atomic E-state index is 5.79. The van der Waals surface area contributed by atoms with E-state index >= 15 is 0 Å². The predicted octanol–water partition coefficient (Wildman–Crippen LogP) is 2.83. The number of nitrogens with one attached hydrogen (secondary N) is 1. The minimum Gasteiger partial charge on any atom is -0.494 e. The van der Waals surface area contributed by atoms with E-state index in [-0.39, 0.29) is 0 Å². The summed E-state index contributed by atoms with van der Waals surface area (Å²) in [6, 6.07) is 10.2. The Labute approximate surface area is 108 Å². The Morgan fingerprint density at radius 3 is 2.61 bits per heavy atom. The van der Waals surface area contributed by atoms with E-state index in [1.807, 2.05) is 24.5 Å². The van der Waals surface area contributed by atoms with Crippen molar-refractivity contribution < 1.29 is 4.74 Å². The summed E-state index contributed by atoms with van der Waals surface area (Å²) in [5.74, 6) is 1.28. The summed E-state index contributed by atoms with van der Waals surface area (Å²) in [5.41, 5.74) is 8.29. The highest BCUT2D eigenvalue weighted by Crippen LogP contribution is 2.19. The molecule has 1 atom stereocenters. The lowest BCUT2D eigenvalue weighted by Crippen LogP contribution is -2.15. The number of hydrogen-bond donors (Lipinski definition) is 2. The Morgan fingerprint density at radius 1 is 1.22 bits per heavy atom. The second-order valence-electron chi connectivity index (χ2n) is 4.53. The van der Waals surface area contributed by atoms with Crippen molar-refractivity contribution in [3.63, 3.8) is 0 Å². The van der Waals surface area contributed by atoms with Gasteiger partial charge in [0.1, 0.15) is 5.75 Å². The molecule has 0 aliphatic carbocycles. The van der Waals surface area contributed by atoms with Gasteiger partial charge in [0.05, 0.1) is 6.61 Å². The number of ether oxygens (including phenoxy) is 1. The molecule has 0 saturated carbocycles. The first-order chi connectivity index (χ1) is 8.79. The zero-order valence-corrected chi connectivity index (χ0v) is 10.7. The van der Waals surface area contributed by atoms with Crippen molar-refractivity contribution in [2.45, 2.75) is 19.3 Å². The lowest BCUT2D eigenvalue weighted by atomic mass is 9.99. The average molecular weight is 244 g/mol. The first-order valence-corrected chi connectivity index (χ1v) is 6.32. The molecule has 3 nitrogen and oxygen atoms in total. The van der Waals surface area contributed by atoms with Crippen LogP contribution in [0.3, 0.4) is 0 Å². The minimum atomic E-state index is 0.363. The Balaban J connectivity index is 1.82. The highest BCUT2D eigenvalue weighted by molar-refractivity contribution is 5.26. The molecule has 0 aliphatic rings. The molecule has 2 rings (SSSR count). The summed E-state index contributed by atoms with van der Waals surface area (Å²) < 4.78 is 5.73. The van der Waals surface area contributed by atoms with Crippen LogP contribution in [-0.4, -0.2) is 18.1 Å². The SMILES string of the molecule is Cc1ccc(OCCC(CN)c2cc[nH]c2)cc1. The zero-order chi connectivity index (χ0) is 12.8. The van der Waals surface area contributed by atoms with Gasteiger partial charge in [-0.05, 0) is 43.7 Å². The van der Waals surface area contributed by atoms with Gasteiger partial charge in [-0.15, -0.1) is 0 Å². The van der Waals surface area contributed by atoms with Crippen molar-refractivity contribution in [2.24, 2.45) is 5.73 Å². The fraction of sp³-hybridized carbons (Fsp3) is 0.333. The molecular weight excluding hydrogens is 224 g/mol. The van der Waals surface area contributed by atoms with E-state index in [9.17, 15) is 0 Å². The van der Waals surface area contributed by atoms with Gasteiger partial charge in [0.2, 0.25) is 0 Å². The molecule has 0 bridgehead atoms. The molecule has 0 spiro atoms. The normalized spacial score (nSPS) is 12.3. The molecule has 2 aromatic rings. The fourth-order valence-corrected chi connectivity index (χ4v) is 1.96. The van der Waals surface area contributed by atoms with E-state index in [2.05, 4.69) is 30.1 Å². The third kappa shape index (κ3) is 3.37. The molecule has 1 aromatic carbocycles. The van der Waals surface area contributed by atoms with Crippen LogP contribution in [0.2, 0.25) is 0 Å². The van der Waals surface area contributed by atoms with Crippen LogP contribution in [-0.2, 0) is 0 Å². The van der Waals surface area contributed by atoms with Gasteiger partial charge in [-0.3, -0.25) is 0 Å². The van der Waals surface area contributed by atoms with Crippen LogP contribution in [0.15, 0.2) is 42.7 Å². The van der Waals surface area contributed by atoms with Crippen LogP contribution < -0.4 is 10.5 Å². The number of benzene rings is 1. The van der Waals surface area contributed by atoms with E-state index in [1.54, 1.807) is 0 Å². The van der Waals surface area contributed by atoms with Gasteiger partial charge in [0.25, 0.3) is 0 Å². The fourth-order valence-electron chi connectivity index (χ4n) is 1.96. The minimum absolute atomic E-state index is 0.363. The van der Waals surface area contributed by atoms with Gasteiger partial charge in [-0.1, -0.05) is 17.7 Å². The summed E-state index contributed by atoms with van der Waals surface area (Å²) in [7, 11) is 0. The van der Waals surface area contributed by atoms with Gasteiger partial charge in [0.15, 0.2) is 0 Å². The predicted molar refractivity (Wildman–Crippen MR) is 73.9 cm³/mol. The topological polar surface area (TPSA) is 51.0 Å². The first kappa shape index (κ1) is 12.7. The number of H-pyrrole nitrogens is 1. The van der Waals surface area contributed by atoms with Crippen LogP contribution in [0, 0.1) is 6.92 Å². The van der Waals surface area contributed by atoms with Crippen molar-refractivity contribution >= 4 is 0 Å². The molecule has 0 radical (unpaired) electrons. The largest absolute Gasteiger partial charge is 0.494 e. The number of aromatic amines is 1. The highest BCUT2D eigenvalue weighted by Gasteiger charge is 2.09. The van der Waals surface area contributed by atoms with E-state index in [0.717, 1.165) is 12.2 Å². The maximum absolute atomic E-state index is 5.79. The Bertz CT molecular complexity index is 448. The number of aryl methyl sites for hydroxylation is 1. The lowest BCUT2D eigenvalue weighted by Gasteiger charge is -2.14. The molecule has 1 heterocycles. The Hall–Kier alpha value is -1.74. The number of hydrogen-bond acceptors (Lipinski definition) is 2. The van der Waals surface area contributed by atoms with Crippen molar-refractivity contribution in [3.05, 3.63) is 53.9 Å². The van der Waals surface area contributed by atoms with Gasteiger partial charge in [-0.25, -0.2) is 0 Å². The van der Waals surface area contributed by atoms with Crippen molar-refractivity contribution in [1.29, 1.82) is 0 Å². The standard InChI is InChI=1S/C15H20N2O/c1-12-2-4-15(5-3-12)18-9-7-13(10-16)14-6-8-17-11-14/h2-6,8,11,13,17H,7,9-10,16H2,1H3. The third-order valence-corrected chi connectivity index (χ3v) is 3.13. The monoisotopic (exact) mass is 244 g/mol. The van der Waals surface area contributed by atoms with E-state index < -0.39 is 0 Å². The van der Waals surface area contributed by atoms with Crippen molar-refractivity contribution in [2.75, 3.05) is 13.2 Å². The van der Waals surface area contributed by atoms with Gasteiger partial charge < -0.3 is 15.5 Å². The molecule has 0 aliphatic heterocycles. The number of nitrogens with two attached hydrogens (primary N) is 1. The smallest absolute Gasteiger partial charge is 0.119 e. The first-order valence-electron chi connectivity index (χ1n) is 6.32. The van der Waals surface area contributed by atoms with Gasteiger partial charge >= 0.3 is 0 Å². The molecular formula is C15H20N2O. The lowest BCUT2D eigenvalue weighted by molar-refractivity contribution is 0.298. The van der Waals surface area contributed by atoms with E-state index in [4.69, 9.17) is 10.5 Å². The molecule has 96 valence electrons. The summed E-state index contributed by atoms with van der Waals surface area (Å²) in [4.78, 5) is 3.06. The summed E-state index contributed by atoms with van der Waals surface area (Å²) in [5, 5.41) is 0. The third-order valence-electron chi connectivity index (χ3n) is 3.13. The van der Waals surface area contributed by atoms with E-state index in [0.29, 0.717) is 19.1 Å². The quantitative estimate of drug-likeness (QED) is 0.821. The molecule has 0 saturated heterocycles. The van der Waals surface area contributed by atoms with Crippen LogP contribution in [0.25, 0.3) is 0 Å². The summed E-state index contributed by atoms with van der Waals surface area (Å²) >= 11 is 0. The summed E-state index contributed by atoms with van der Waals surface area (Å²) in [6.07, 6.45) is 4.87. The van der Waals surface area contributed by atoms with Gasteiger partial charge in [0, 0.05) is 18.3 Å². The number of aromatic nitrogens is 1. The van der Waals surface area contributed by atoms with E-state index in [1.165, 1.54) is 11.1 Å². The molecule has 18 heavy (non-hydrogen) atoms. The number of rotatable bonds is 6. The highest BCUT2D eigenvalue weighted by atomic mass is 16.5. The van der Waals surface area contributed by atoms with Crippen LogP contribution in [0.4, 0.5) is 0 Å².